The second-order valence-electron chi connectivity index (χ2n) is 6.16. The lowest BCUT2D eigenvalue weighted by molar-refractivity contribution is -0.140. The van der Waals surface area contributed by atoms with Gasteiger partial charge in [0.25, 0.3) is 0 Å². The summed E-state index contributed by atoms with van der Waals surface area (Å²) >= 11 is 5.92. The van der Waals surface area contributed by atoms with E-state index in [2.05, 4.69) is 6.92 Å². The van der Waals surface area contributed by atoms with E-state index in [-0.39, 0.29) is 18.4 Å². The summed E-state index contributed by atoms with van der Waals surface area (Å²) in [4.78, 5) is 28.4. The first-order valence-electron chi connectivity index (χ1n) is 8.71. The van der Waals surface area contributed by atoms with Crippen LogP contribution in [0, 0.1) is 0 Å². The number of aryl methyl sites for hydroxylation is 1. The van der Waals surface area contributed by atoms with Gasteiger partial charge in [-0.25, -0.2) is 0 Å². The van der Waals surface area contributed by atoms with Crippen molar-refractivity contribution in [3.63, 3.8) is 0 Å². The third kappa shape index (κ3) is 6.19. The lowest BCUT2D eigenvalue weighted by Gasteiger charge is -2.28. The minimum atomic E-state index is -0.610. The molecule has 1 rings (SSSR count). The zero-order valence-corrected chi connectivity index (χ0v) is 16.1. The first-order valence-corrected chi connectivity index (χ1v) is 9.15. The van der Waals surface area contributed by atoms with E-state index in [0.717, 1.165) is 25.0 Å². The van der Waals surface area contributed by atoms with Gasteiger partial charge in [-0.3, -0.25) is 9.59 Å². The van der Waals surface area contributed by atoms with Gasteiger partial charge in [0, 0.05) is 32.0 Å². The fourth-order valence-electron chi connectivity index (χ4n) is 2.55. The number of hydrogen-bond acceptors (Lipinski definition) is 2. The summed E-state index contributed by atoms with van der Waals surface area (Å²) < 4.78 is 2.02. The van der Waals surface area contributed by atoms with Gasteiger partial charge >= 0.3 is 0 Å². The fourth-order valence-corrected chi connectivity index (χ4v) is 2.69. The highest BCUT2D eigenvalue weighted by molar-refractivity contribution is 6.30. The molecule has 0 fully saturated rings. The van der Waals surface area contributed by atoms with Gasteiger partial charge in [0.2, 0.25) is 11.8 Å². The van der Waals surface area contributed by atoms with Crippen LogP contribution in [0.5, 0.6) is 0 Å². The predicted molar refractivity (Wildman–Crippen MR) is 97.9 cm³/mol. The Bertz CT molecular complexity index is 528. The van der Waals surface area contributed by atoms with Crippen molar-refractivity contribution in [3.05, 3.63) is 24.0 Å². The van der Waals surface area contributed by atoms with Crippen LogP contribution in [0.15, 0.2) is 18.3 Å². The molecular weight excluding hydrogens is 326 g/mol. The van der Waals surface area contributed by atoms with Crippen LogP contribution in [-0.4, -0.2) is 51.2 Å². The molecule has 0 aliphatic heterocycles. The maximum atomic E-state index is 12.8. The van der Waals surface area contributed by atoms with E-state index >= 15 is 0 Å². The Balaban J connectivity index is 2.81. The molecule has 1 atom stereocenters. The molecular formula is C18H30ClN3O2. The fraction of sp³-hybridized carbons (Fsp3) is 0.667. The van der Waals surface area contributed by atoms with Gasteiger partial charge < -0.3 is 14.4 Å². The average molecular weight is 356 g/mol. The number of carbonyl (C=O) groups excluding carboxylic acids is 2. The van der Waals surface area contributed by atoms with Gasteiger partial charge in [0.15, 0.2) is 0 Å². The lowest BCUT2D eigenvalue weighted by atomic mass is 10.2. The number of alkyl halides is 1. The number of unbranched alkanes of at least 4 members (excludes halogenated alkanes) is 1. The Hall–Kier alpha value is -1.49. The number of hydrogen-bond donors (Lipinski definition) is 0. The van der Waals surface area contributed by atoms with Crippen molar-refractivity contribution >= 4 is 23.4 Å². The SMILES string of the molecule is CCCCN(Cc1cccn1C)C(=O)CN(CCC)C(=O)[C@@H](C)Cl. The molecule has 0 saturated carbocycles. The highest BCUT2D eigenvalue weighted by Crippen LogP contribution is 2.09. The van der Waals surface area contributed by atoms with Gasteiger partial charge in [-0.1, -0.05) is 20.3 Å². The topological polar surface area (TPSA) is 45.6 Å². The summed E-state index contributed by atoms with van der Waals surface area (Å²) in [6.45, 7) is 7.65. The van der Waals surface area contributed by atoms with Crippen LogP contribution in [0.2, 0.25) is 0 Å². The van der Waals surface area contributed by atoms with Crippen molar-refractivity contribution in [2.75, 3.05) is 19.6 Å². The summed E-state index contributed by atoms with van der Waals surface area (Å²) in [6, 6.07) is 3.99. The van der Waals surface area contributed by atoms with Crippen molar-refractivity contribution in [1.29, 1.82) is 0 Å². The smallest absolute Gasteiger partial charge is 0.242 e. The van der Waals surface area contributed by atoms with Crippen LogP contribution in [0.4, 0.5) is 0 Å². The van der Waals surface area contributed by atoms with Crippen LogP contribution < -0.4 is 0 Å². The Morgan fingerprint density at radius 1 is 1.21 bits per heavy atom. The number of aromatic nitrogens is 1. The van der Waals surface area contributed by atoms with Crippen LogP contribution in [0.3, 0.4) is 0 Å². The number of rotatable bonds is 10. The van der Waals surface area contributed by atoms with Crippen LogP contribution in [0.1, 0.15) is 45.7 Å². The zero-order chi connectivity index (χ0) is 18.1. The van der Waals surface area contributed by atoms with Crippen molar-refractivity contribution in [2.24, 2.45) is 7.05 Å². The molecule has 6 heteroatoms. The van der Waals surface area contributed by atoms with Gasteiger partial charge in [-0.2, -0.15) is 0 Å². The Labute approximate surface area is 150 Å². The normalized spacial score (nSPS) is 12.0. The minimum Gasteiger partial charge on any atom is -0.353 e. The highest BCUT2D eigenvalue weighted by Gasteiger charge is 2.23. The van der Waals surface area contributed by atoms with Crippen molar-refractivity contribution in [3.8, 4) is 0 Å². The third-order valence-electron chi connectivity index (χ3n) is 4.01. The summed E-state index contributed by atoms with van der Waals surface area (Å²) in [5, 5.41) is -0.610. The highest BCUT2D eigenvalue weighted by atomic mass is 35.5. The molecule has 5 nitrogen and oxygen atoms in total. The van der Waals surface area contributed by atoms with Gasteiger partial charge in [-0.05, 0) is 31.9 Å². The van der Waals surface area contributed by atoms with E-state index in [4.69, 9.17) is 11.6 Å². The van der Waals surface area contributed by atoms with E-state index in [1.807, 2.05) is 41.8 Å². The van der Waals surface area contributed by atoms with E-state index < -0.39 is 5.38 Å². The molecule has 0 radical (unpaired) electrons. The molecule has 0 N–H and O–H groups in total. The molecule has 0 aliphatic carbocycles. The maximum absolute atomic E-state index is 12.8. The summed E-state index contributed by atoms with van der Waals surface area (Å²) in [7, 11) is 1.97. The molecule has 1 aromatic heterocycles. The maximum Gasteiger partial charge on any atom is 0.242 e. The number of halogens is 1. The van der Waals surface area contributed by atoms with E-state index in [1.165, 1.54) is 0 Å². The summed E-state index contributed by atoms with van der Waals surface area (Å²) in [5.41, 5.74) is 1.08. The van der Waals surface area contributed by atoms with Crippen LogP contribution >= 0.6 is 11.6 Å². The number of carbonyl (C=O) groups is 2. The number of nitrogens with zero attached hydrogens (tertiary/aromatic N) is 3. The van der Waals surface area contributed by atoms with E-state index in [1.54, 1.807) is 11.8 Å². The number of amides is 2. The van der Waals surface area contributed by atoms with Crippen molar-refractivity contribution in [1.82, 2.24) is 14.4 Å². The Morgan fingerprint density at radius 3 is 2.42 bits per heavy atom. The predicted octanol–water partition coefficient (Wildman–Crippen LogP) is 3.02. The molecule has 0 bridgehead atoms. The van der Waals surface area contributed by atoms with Gasteiger partial charge in [-0.15, -0.1) is 11.6 Å². The summed E-state index contributed by atoms with van der Waals surface area (Å²) in [6.07, 6.45) is 4.74. The molecule has 0 spiro atoms. The second-order valence-corrected chi connectivity index (χ2v) is 6.81. The first kappa shape index (κ1) is 20.6. The zero-order valence-electron chi connectivity index (χ0n) is 15.3. The molecule has 136 valence electrons. The molecule has 0 unspecified atom stereocenters. The van der Waals surface area contributed by atoms with Crippen molar-refractivity contribution in [2.45, 2.75) is 52.0 Å². The Kier molecular flexibility index (Phi) is 8.90. The third-order valence-corrected chi connectivity index (χ3v) is 4.20. The first-order chi connectivity index (χ1) is 11.4. The molecule has 2 amide bonds. The van der Waals surface area contributed by atoms with Gasteiger partial charge in [0.05, 0.1) is 13.1 Å². The van der Waals surface area contributed by atoms with Crippen LogP contribution in [0.25, 0.3) is 0 Å². The molecule has 0 saturated heterocycles. The lowest BCUT2D eigenvalue weighted by Crippen LogP contribution is -2.45. The summed E-state index contributed by atoms with van der Waals surface area (Å²) in [5.74, 6) is -0.204. The largest absolute Gasteiger partial charge is 0.353 e. The standard InChI is InChI=1S/C18H30ClN3O2/c1-5-7-12-21(13-16-9-8-11-20(16)4)17(23)14-22(10-6-2)18(24)15(3)19/h8-9,11,15H,5-7,10,12-14H2,1-4H3/t15-/m1/s1. The van der Waals surface area contributed by atoms with E-state index in [9.17, 15) is 9.59 Å². The molecule has 24 heavy (non-hydrogen) atoms. The van der Waals surface area contributed by atoms with Crippen molar-refractivity contribution < 1.29 is 9.59 Å². The second kappa shape index (κ2) is 10.4. The molecule has 0 aromatic carbocycles. The average Bonchev–Trinajstić information content (AvgIpc) is 2.94. The van der Waals surface area contributed by atoms with Crippen LogP contribution in [-0.2, 0) is 23.2 Å². The van der Waals surface area contributed by atoms with E-state index in [0.29, 0.717) is 19.6 Å². The minimum absolute atomic E-state index is 0.0243. The molecule has 1 aromatic rings. The monoisotopic (exact) mass is 355 g/mol. The quantitative estimate of drug-likeness (QED) is 0.605. The molecule has 1 heterocycles. The molecule has 0 aliphatic rings. The Morgan fingerprint density at radius 2 is 1.92 bits per heavy atom. The van der Waals surface area contributed by atoms with Gasteiger partial charge in [0.1, 0.15) is 5.38 Å².